The van der Waals surface area contributed by atoms with Crippen LogP contribution in [0.1, 0.15) is 51.2 Å². The summed E-state index contributed by atoms with van der Waals surface area (Å²) in [6, 6.07) is 6.77. The van der Waals surface area contributed by atoms with E-state index in [0.29, 0.717) is 11.0 Å². The van der Waals surface area contributed by atoms with Gasteiger partial charge in [-0.15, -0.1) is 0 Å². The third-order valence-corrected chi connectivity index (χ3v) is 9.66. The number of rotatable bonds is 6. The first kappa shape index (κ1) is 19.2. The van der Waals surface area contributed by atoms with Crippen molar-refractivity contribution in [3.05, 3.63) is 29.3 Å². The third kappa shape index (κ3) is 4.85. The lowest BCUT2D eigenvalue weighted by Gasteiger charge is -2.36. The molecule has 0 N–H and O–H groups in total. The molecule has 0 unspecified atom stereocenters. The van der Waals surface area contributed by atoms with E-state index in [1.165, 1.54) is 16.8 Å². The normalized spacial score (nSPS) is 14.0. The van der Waals surface area contributed by atoms with Crippen LogP contribution in [0.25, 0.3) is 0 Å². The topological polar surface area (TPSA) is 12.5 Å². The van der Waals surface area contributed by atoms with E-state index in [-0.39, 0.29) is 0 Å². The second-order valence-corrected chi connectivity index (χ2v) is 13.0. The first-order chi connectivity index (χ1) is 9.95. The molecule has 0 aliphatic rings. The highest BCUT2D eigenvalue weighted by Crippen LogP contribution is 2.37. The molecule has 0 radical (unpaired) electrons. The van der Waals surface area contributed by atoms with Crippen LogP contribution in [0, 0.1) is 6.92 Å². The lowest BCUT2D eigenvalue weighted by atomic mass is 9.93. The Kier molecular flexibility index (Phi) is 6.28. The molecule has 1 atom stereocenters. The van der Waals surface area contributed by atoms with Gasteiger partial charge in [0.05, 0.1) is 0 Å². The van der Waals surface area contributed by atoms with Crippen molar-refractivity contribution in [3.8, 4) is 0 Å². The quantitative estimate of drug-likeness (QED) is 0.634. The molecule has 1 rings (SSSR count). The summed E-state index contributed by atoms with van der Waals surface area (Å²) in [7, 11) is 2.56. The minimum atomic E-state index is -1.62. The Labute approximate surface area is 139 Å². The maximum absolute atomic E-state index is 6.32. The number of anilines is 1. The number of nitrogens with zero attached hydrogens (tertiary/aromatic N) is 1. The summed E-state index contributed by atoms with van der Waals surface area (Å²) in [6.45, 7) is 16.9. The van der Waals surface area contributed by atoms with E-state index in [1.807, 2.05) is 0 Å². The zero-order valence-corrected chi connectivity index (χ0v) is 17.1. The SMILES string of the molecule is Cc1cc(N(C)C)ccc1[C@H](C)CCO[Si](C)(C)C(C)(C)C. The summed E-state index contributed by atoms with van der Waals surface area (Å²) in [5.74, 6) is 0.543. The minimum Gasteiger partial charge on any atom is -0.417 e. The maximum atomic E-state index is 6.32. The lowest BCUT2D eigenvalue weighted by Crippen LogP contribution is -2.41. The molecule has 3 heteroatoms. The van der Waals surface area contributed by atoms with E-state index in [4.69, 9.17) is 4.43 Å². The van der Waals surface area contributed by atoms with Crippen LogP contribution in [-0.2, 0) is 4.43 Å². The van der Waals surface area contributed by atoms with Crippen molar-refractivity contribution in [1.82, 2.24) is 0 Å². The summed E-state index contributed by atoms with van der Waals surface area (Å²) in [5.41, 5.74) is 4.10. The molecule has 1 aromatic rings. The van der Waals surface area contributed by atoms with Crippen molar-refractivity contribution < 1.29 is 4.43 Å². The van der Waals surface area contributed by atoms with Gasteiger partial charge in [-0.2, -0.15) is 0 Å². The first-order valence-electron chi connectivity index (χ1n) is 8.37. The van der Waals surface area contributed by atoms with Gasteiger partial charge in [0.2, 0.25) is 0 Å². The van der Waals surface area contributed by atoms with Crippen LogP contribution in [0.4, 0.5) is 5.69 Å². The Bertz CT molecular complexity index is 489. The molecule has 1 aromatic carbocycles. The van der Waals surface area contributed by atoms with Gasteiger partial charge in [0.25, 0.3) is 0 Å². The van der Waals surface area contributed by atoms with Crippen molar-refractivity contribution in [2.45, 2.75) is 65.1 Å². The molecule has 0 bridgehead atoms. The van der Waals surface area contributed by atoms with E-state index in [0.717, 1.165) is 13.0 Å². The van der Waals surface area contributed by atoms with Gasteiger partial charge in [0.15, 0.2) is 8.32 Å². The van der Waals surface area contributed by atoms with Crippen LogP contribution in [0.15, 0.2) is 18.2 Å². The van der Waals surface area contributed by atoms with Gasteiger partial charge in [-0.1, -0.05) is 33.8 Å². The van der Waals surface area contributed by atoms with Crippen LogP contribution in [0.5, 0.6) is 0 Å². The Morgan fingerprint density at radius 2 is 1.77 bits per heavy atom. The highest BCUT2D eigenvalue weighted by atomic mass is 28.4. The zero-order chi connectivity index (χ0) is 17.1. The predicted octanol–water partition coefficient (Wildman–Crippen LogP) is 5.58. The highest BCUT2D eigenvalue weighted by molar-refractivity contribution is 6.74. The smallest absolute Gasteiger partial charge is 0.191 e. The summed E-state index contributed by atoms with van der Waals surface area (Å²) in [4.78, 5) is 2.15. The Morgan fingerprint density at radius 1 is 1.18 bits per heavy atom. The molecule has 0 aliphatic carbocycles. The fourth-order valence-electron chi connectivity index (χ4n) is 2.35. The molecular weight excluding hydrogens is 286 g/mol. The number of benzene rings is 1. The van der Waals surface area contributed by atoms with Gasteiger partial charge >= 0.3 is 0 Å². The molecule has 22 heavy (non-hydrogen) atoms. The molecule has 0 fully saturated rings. The number of hydrogen-bond donors (Lipinski definition) is 0. The first-order valence-corrected chi connectivity index (χ1v) is 11.3. The molecule has 0 heterocycles. The summed E-state index contributed by atoms with van der Waals surface area (Å²) >= 11 is 0. The molecule has 0 saturated carbocycles. The molecule has 0 spiro atoms. The van der Waals surface area contributed by atoms with Gasteiger partial charge in [-0.25, -0.2) is 0 Å². The van der Waals surface area contributed by atoms with Crippen LogP contribution >= 0.6 is 0 Å². The van der Waals surface area contributed by atoms with Crippen molar-refractivity contribution in [3.63, 3.8) is 0 Å². The standard InChI is InChI=1S/C19H35NOSi/c1-15(12-13-21-22(8,9)19(3,4)5)18-11-10-17(20(6)7)14-16(18)2/h10-11,14-15H,12-13H2,1-9H3/t15-/m1/s1. The maximum Gasteiger partial charge on any atom is 0.191 e. The summed E-state index contributed by atoms with van der Waals surface area (Å²) in [5, 5.41) is 0.291. The van der Waals surface area contributed by atoms with E-state index >= 15 is 0 Å². The van der Waals surface area contributed by atoms with Gasteiger partial charge < -0.3 is 9.33 Å². The lowest BCUT2D eigenvalue weighted by molar-refractivity contribution is 0.274. The fraction of sp³-hybridized carbons (Fsp3) is 0.684. The monoisotopic (exact) mass is 321 g/mol. The van der Waals surface area contributed by atoms with Crippen LogP contribution in [-0.4, -0.2) is 29.0 Å². The summed E-state index contributed by atoms with van der Waals surface area (Å²) in [6.07, 6.45) is 1.09. The molecule has 0 aliphatic heterocycles. The fourth-order valence-corrected chi connectivity index (χ4v) is 3.42. The molecule has 0 saturated heterocycles. The Morgan fingerprint density at radius 3 is 2.23 bits per heavy atom. The van der Waals surface area contributed by atoms with Crippen LogP contribution in [0.3, 0.4) is 0 Å². The van der Waals surface area contributed by atoms with Gasteiger partial charge in [-0.3, -0.25) is 0 Å². The van der Waals surface area contributed by atoms with E-state index in [9.17, 15) is 0 Å². The molecule has 0 aromatic heterocycles. The van der Waals surface area contributed by atoms with Crippen LogP contribution < -0.4 is 4.90 Å². The average Bonchev–Trinajstić information content (AvgIpc) is 2.36. The van der Waals surface area contributed by atoms with Gasteiger partial charge in [0.1, 0.15) is 0 Å². The van der Waals surface area contributed by atoms with E-state index < -0.39 is 8.32 Å². The number of aryl methyl sites for hydroxylation is 1. The van der Waals surface area contributed by atoms with Crippen molar-refractivity contribution >= 4 is 14.0 Å². The van der Waals surface area contributed by atoms with E-state index in [2.05, 4.69) is 84.9 Å². The Hall–Kier alpha value is -0.803. The average molecular weight is 322 g/mol. The predicted molar refractivity (Wildman–Crippen MR) is 102 cm³/mol. The molecule has 126 valence electrons. The molecule has 0 amide bonds. The Balaban J connectivity index is 2.65. The summed E-state index contributed by atoms with van der Waals surface area (Å²) < 4.78 is 6.32. The minimum absolute atomic E-state index is 0.291. The third-order valence-electron chi connectivity index (χ3n) is 5.12. The van der Waals surface area contributed by atoms with Gasteiger partial charge in [0, 0.05) is 26.4 Å². The molecular formula is C19H35NOSi. The van der Waals surface area contributed by atoms with Crippen molar-refractivity contribution in [2.24, 2.45) is 0 Å². The van der Waals surface area contributed by atoms with Gasteiger partial charge in [-0.05, 0) is 60.7 Å². The highest BCUT2D eigenvalue weighted by Gasteiger charge is 2.36. The zero-order valence-electron chi connectivity index (χ0n) is 16.1. The molecule has 2 nitrogen and oxygen atoms in total. The second kappa shape index (κ2) is 7.18. The van der Waals surface area contributed by atoms with Crippen LogP contribution in [0.2, 0.25) is 18.1 Å². The van der Waals surface area contributed by atoms with Crippen molar-refractivity contribution in [2.75, 3.05) is 25.6 Å². The second-order valence-electron chi connectivity index (χ2n) is 8.23. The van der Waals surface area contributed by atoms with Crippen molar-refractivity contribution in [1.29, 1.82) is 0 Å². The van der Waals surface area contributed by atoms with E-state index in [1.54, 1.807) is 0 Å². The largest absolute Gasteiger partial charge is 0.417 e. The number of hydrogen-bond acceptors (Lipinski definition) is 2.